The van der Waals surface area contributed by atoms with Crippen LogP contribution in [0, 0.1) is 0 Å². The van der Waals surface area contributed by atoms with E-state index in [9.17, 15) is 18.0 Å². The number of benzene rings is 1. The zero-order chi connectivity index (χ0) is 17.7. The molecule has 1 aromatic carbocycles. The zero-order valence-electron chi connectivity index (χ0n) is 13.6. The van der Waals surface area contributed by atoms with Crippen LogP contribution in [0.4, 0.5) is 18.0 Å². The van der Waals surface area contributed by atoms with Gasteiger partial charge in [-0.25, -0.2) is 4.79 Å². The number of nitrogens with zero attached hydrogens (tertiary/aromatic N) is 1. The highest BCUT2D eigenvalue weighted by Gasteiger charge is 2.35. The maximum atomic E-state index is 13.1. The second-order valence-electron chi connectivity index (χ2n) is 5.65. The molecule has 0 aliphatic carbocycles. The maximum Gasteiger partial charge on any atom is 0.416 e. The van der Waals surface area contributed by atoms with Crippen molar-refractivity contribution in [3.63, 3.8) is 0 Å². The van der Waals surface area contributed by atoms with Crippen LogP contribution >= 0.6 is 0 Å². The Labute approximate surface area is 138 Å². The van der Waals surface area contributed by atoms with Gasteiger partial charge in [0.05, 0.1) is 37.5 Å². The van der Waals surface area contributed by atoms with Crippen molar-refractivity contribution in [2.24, 2.45) is 0 Å². The molecule has 2 amide bonds. The van der Waals surface area contributed by atoms with Gasteiger partial charge in [-0.05, 0) is 18.6 Å². The number of carbonyl (C=O) groups is 1. The first-order chi connectivity index (χ1) is 11.3. The third-order valence-corrected chi connectivity index (χ3v) is 3.85. The number of rotatable bonds is 4. The maximum absolute atomic E-state index is 13.1. The van der Waals surface area contributed by atoms with E-state index in [1.54, 1.807) is 7.11 Å². The highest BCUT2D eigenvalue weighted by atomic mass is 19.4. The minimum Gasteiger partial charge on any atom is -0.382 e. The van der Waals surface area contributed by atoms with E-state index in [-0.39, 0.29) is 11.7 Å². The molecule has 1 fully saturated rings. The van der Waals surface area contributed by atoms with E-state index < -0.39 is 23.8 Å². The molecule has 5 nitrogen and oxygen atoms in total. The molecule has 0 unspecified atom stereocenters. The van der Waals surface area contributed by atoms with E-state index >= 15 is 0 Å². The number of nitrogens with one attached hydrogen (secondary N) is 1. The van der Waals surface area contributed by atoms with Gasteiger partial charge in [-0.1, -0.05) is 18.2 Å². The number of alkyl halides is 3. The Morgan fingerprint density at radius 2 is 2.17 bits per heavy atom. The van der Waals surface area contributed by atoms with Gasteiger partial charge in [0, 0.05) is 13.7 Å². The summed E-state index contributed by atoms with van der Waals surface area (Å²) in [7, 11) is 1.54. The summed E-state index contributed by atoms with van der Waals surface area (Å²) in [4.78, 5) is 13.9. The van der Waals surface area contributed by atoms with Gasteiger partial charge < -0.3 is 19.7 Å². The van der Waals surface area contributed by atoms with Gasteiger partial charge in [-0.15, -0.1) is 0 Å². The lowest BCUT2D eigenvalue weighted by molar-refractivity contribution is -0.138. The van der Waals surface area contributed by atoms with Crippen LogP contribution < -0.4 is 5.32 Å². The molecule has 2 atom stereocenters. The quantitative estimate of drug-likeness (QED) is 0.912. The fraction of sp³-hybridized carbons (Fsp3) is 0.562. The first kappa shape index (κ1) is 18.5. The van der Waals surface area contributed by atoms with Crippen LogP contribution in [-0.4, -0.2) is 50.4 Å². The molecule has 1 heterocycles. The van der Waals surface area contributed by atoms with Crippen molar-refractivity contribution in [1.82, 2.24) is 10.2 Å². The second-order valence-corrected chi connectivity index (χ2v) is 5.65. The molecule has 0 bridgehead atoms. The molecule has 1 aromatic rings. The van der Waals surface area contributed by atoms with E-state index in [1.807, 2.05) is 0 Å². The molecular weight excluding hydrogens is 325 g/mol. The summed E-state index contributed by atoms with van der Waals surface area (Å²) in [5.74, 6) is 0. The van der Waals surface area contributed by atoms with E-state index in [2.05, 4.69) is 5.32 Å². The van der Waals surface area contributed by atoms with Gasteiger partial charge in [-0.3, -0.25) is 0 Å². The van der Waals surface area contributed by atoms with Gasteiger partial charge in [0.2, 0.25) is 0 Å². The first-order valence-electron chi connectivity index (χ1n) is 7.65. The molecule has 24 heavy (non-hydrogen) atoms. The van der Waals surface area contributed by atoms with Crippen molar-refractivity contribution in [2.45, 2.75) is 25.2 Å². The molecule has 0 radical (unpaired) electrons. The monoisotopic (exact) mass is 346 g/mol. The van der Waals surface area contributed by atoms with Crippen LogP contribution in [0.15, 0.2) is 24.3 Å². The molecule has 1 aliphatic heterocycles. The van der Waals surface area contributed by atoms with Crippen molar-refractivity contribution in [3.8, 4) is 0 Å². The molecule has 0 aromatic heterocycles. The summed E-state index contributed by atoms with van der Waals surface area (Å²) >= 11 is 0. The average molecular weight is 346 g/mol. The van der Waals surface area contributed by atoms with E-state index in [4.69, 9.17) is 9.47 Å². The van der Waals surface area contributed by atoms with Gasteiger partial charge in [0.25, 0.3) is 0 Å². The Kier molecular flexibility index (Phi) is 6.06. The minimum atomic E-state index is -4.46. The number of carbonyl (C=O) groups excluding carboxylic acids is 1. The van der Waals surface area contributed by atoms with Crippen LogP contribution in [0.2, 0.25) is 0 Å². The van der Waals surface area contributed by atoms with Gasteiger partial charge in [0.15, 0.2) is 0 Å². The number of hydrogen-bond acceptors (Lipinski definition) is 3. The fourth-order valence-corrected chi connectivity index (χ4v) is 2.68. The highest BCUT2D eigenvalue weighted by molar-refractivity contribution is 5.75. The number of halogens is 3. The second kappa shape index (κ2) is 7.85. The van der Waals surface area contributed by atoms with Crippen molar-refractivity contribution < 1.29 is 27.4 Å². The van der Waals surface area contributed by atoms with Crippen LogP contribution in [0.3, 0.4) is 0 Å². The van der Waals surface area contributed by atoms with Gasteiger partial charge in [-0.2, -0.15) is 13.2 Å². The summed E-state index contributed by atoms with van der Waals surface area (Å²) in [5, 5.41) is 2.63. The number of urea groups is 1. The fourth-order valence-electron chi connectivity index (χ4n) is 2.68. The van der Waals surface area contributed by atoms with Crippen molar-refractivity contribution >= 4 is 6.03 Å². The van der Waals surface area contributed by atoms with E-state index in [0.29, 0.717) is 26.3 Å². The first-order valence-corrected chi connectivity index (χ1v) is 7.65. The SMILES string of the molecule is COC[C@@H]1CN(C(=O)N[C@@H](C)c2ccccc2C(F)(F)F)CCO1. The Balaban J connectivity index is 2.04. The number of ether oxygens (including phenoxy) is 2. The number of methoxy groups -OCH3 is 1. The molecule has 0 spiro atoms. The number of hydrogen-bond donors (Lipinski definition) is 1. The average Bonchev–Trinajstić information content (AvgIpc) is 2.54. The summed E-state index contributed by atoms with van der Waals surface area (Å²) in [6.45, 7) is 2.99. The molecule has 1 aliphatic rings. The van der Waals surface area contributed by atoms with Crippen LogP contribution in [0.25, 0.3) is 0 Å². The molecule has 0 saturated carbocycles. The summed E-state index contributed by atoms with van der Waals surface area (Å²) in [6, 6.07) is 4.07. The highest BCUT2D eigenvalue weighted by Crippen LogP contribution is 2.34. The van der Waals surface area contributed by atoms with Gasteiger partial charge >= 0.3 is 12.2 Å². The standard InChI is InChI=1S/C16H21F3N2O3/c1-11(13-5-3-4-6-14(13)16(17,18)19)20-15(22)21-7-8-24-12(9-21)10-23-2/h3-6,11-12H,7-10H2,1-2H3,(H,20,22)/t11-,12-/m0/s1. The lowest BCUT2D eigenvalue weighted by Gasteiger charge is -2.33. The Morgan fingerprint density at radius 1 is 1.46 bits per heavy atom. The predicted octanol–water partition coefficient (Wildman–Crippen LogP) is 2.82. The van der Waals surface area contributed by atoms with Crippen LogP contribution in [-0.2, 0) is 15.7 Å². The van der Waals surface area contributed by atoms with Crippen LogP contribution in [0.5, 0.6) is 0 Å². The molecule has 134 valence electrons. The summed E-state index contributed by atoms with van der Waals surface area (Å²) < 4.78 is 49.7. The summed E-state index contributed by atoms with van der Waals surface area (Å²) in [5.41, 5.74) is -0.697. The summed E-state index contributed by atoms with van der Waals surface area (Å²) in [6.07, 6.45) is -4.69. The van der Waals surface area contributed by atoms with Crippen molar-refractivity contribution in [2.75, 3.05) is 33.4 Å². The largest absolute Gasteiger partial charge is 0.416 e. The topological polar surface area (TPSA) is 50.8 Å². The molecule has 1 N–H and O–H groups in total. The molecule has 2 rings (SSSR count). The lowest BCUT2D eigenvalue weighted by Crippen LogP contribution is -2.51. The van der Waals surface area contributed by atoms with E-state index in [0.717, 1.165) is 6.07 Å². The normalized spacial score (nSPS) is 19.9. The smallest absolute Gasteiger partial charge is 0.382 e. The number of amides is 2. The van der Waals surface area contributed by atoms with Gasteiger partial charge in [0.1, 0.15) is 0 Å². The van der Waals surface area contributed by atoms with E-state index in [1.165, 1.54) is 30.0 Å². The third-order valence-electron chi connectivity index (χ3n) is 3.85. The molecule has 1 saturated heterocycles. The Bertz CT molecular complexity index is 564. The molecular formula is C16H21F3N2O3. The van der Waals surface area contributed by atoms with Crippen molar-refractivity contribution in [1.29, 1.82) is 0 Å². The minimum absolute atomic E-state index is 0.0417. The Hall–Kier alpha value is -1.80. The van der Waals surface area contributed by atoms with Crippen molar-refractivity contribution in [3.05, 3.63) is 35.4 Å². The number of morpholine rings is 1. The lowest BCUT2D eigenvalue weighted by atomic mass is 10.0. The van der Waals surface area contributed by atoms with Crippen LogP contribution in [0.1, 0.15) is 24.1 Å². The molecule has 8 heteroatoms. The zero-order valence-corrected chi connectivity index (χ0v) is 13.6. The predicted molar refractivity (Wildman–Crippen MR) is 81.6 cm³/mol. The third kappa shape index (κ3) is 4.61. The Morgan fingerprint density at radius 3 is 2.83 bits per heavy atom.